The summed E-state index contributed by atoms with van der Waals surface area (Å²) in [6, 6.07) is 6.54. The van der Waals surface area contributed by atoms with Crippen LogP contribution < -0.4 is 5.32 Å². The number of benzene rings is 1. The Bertz CT molecular complexity index is 538. The molecular weight excluding hydrogens is 295 g/mol. The monoisotopic (exact) mass is 320 g/mol. The van der Waals surface area contributed by atoms with Gasteiger partial charge in [-0.25, -0.2) is 4.39 Å². The minimum Gasteiger partial charge on any atom is -0.379 e. The SMILES string of the molecule is O=C(NCCN1CCOCC1)C1(c2cccc(F)c2)CCCC1. The van der Waals surface area contributed by atoms with Crippen molar-refractivity contribution in [2.45, 2.75) is 31.1 Å². The molecule has 0 aromatic heterocycles. The van der Waals surface area contributed by atoms with Crippen molar-refractivity contribution in [2.75, 3.05) is 39.4 Å². The first-order valence-corrected chi connectivity index (χ1v) is 8.55. The van der Waals surface area contributed by atoms with Gasteiger partial charge in [0.2, 0.25) is 5.91 Å². The number of amides is 1. The van der Waals surface area contributed by atoms with Gasteiger partial charge in [0.25, 0.3) is 0 Å². The first-order chi connectivity index (χ1) is 11.2. The van der Waals surface area contributed by atoms with Crippen LogP contribution in [0.4, 0.5) is 4.39 Å². The standard InChI is InChI=1S/C18H25FN2O2/c19-16-5-3-4-15(14-16)18(6-1-2-7-18)17(22)20-8-9-21-10-12-23-13-11-21/h3-5,14H,1-2,6-13H2,(H,20,22). The zero-order valence-electron chi connectivity index (χ0n) is 13.5. The van der Waals surface area contributed by atoms with Crippen LogP contribution in [0.15, 0.2) is 24.3 Å². The molecule has 1 aliphatic carbocycles. The van der Waals surface area contributed by atoms with E-state index in [0.29, 0.717) is 6.54 Å². The second-order valence-electron chi connectivity index (χ2n) is 6.51. The van der Waals surface area contributed by atoms with Gasteiger partial charge in [0, 0.05) is 26.2 Å². The Morgan fingerprint density at radius 1 is 1.26 bits per heavy atom. The lowest BCUT2D eigenvalue weighted by Gasteiger charge is -2.30. The van der Waals surface area contributed by atoms with Crippen LogP contribution in [0.1, 0.15) is 31.2 Å². The van der Waals surface area contributed by atoms with Crippen molar-refractivity contribution in [2.24, 2.45) is 0 Å². The van der Waals surface area contributed by atoms with Crippen molar-refractivity contribution in [1.29, 1.82) is 0 Å². The summed E-state index contributed by atoms with van der Waals surface area (Å²) in [5, 5.41) is 3.09. The molecule has 2 fully saturated rings. The van der Waals surface area contributed by atoms with Crippen molar-refractivity contribution >= 4 is 5.91 Å². The first kappa shape index (κ1) is 16.4. The topological polar surface area (TPSA) is 41.6 Å². The molecule has 0 unspecified atom stereocenters. The molecule has 1 N–H and O–H groups in total. The zero-order valence-corrected chi connectivity index (χ0v) is 13.5. The highest BCUT2D eigenvalue weighted by molar-refractivity contribution is 5.88. The number of ether oxygens (including phenoxy) is 1. The van der Waals surface area contributed by atoms with E-state index in [9.17, 15) is 9.18 Å². The van der Waals surface area contributed by atoms with Gasteiger partial charge in [-0.15, -0.1) is 0 Å². The summed E-state index contributed by atoms with van der Waals surface area (Å²) >= 11 is 0. The molecule has 3 rings (SSSR count). The molecular formula is C18H25FN2O2. The molecule has 5 heteroatoms. The van der Waals surface area contributed by atoms with Gasteiger partial charge >= 0.3 is 0 Å². The Morgan fingerprint density at radius 2 is 2.00 bits per heavy atom. The number of halogens is 1. The van der Waals surface area contributed by atoms with Crippen LogP contribution in [0.25, 0.3) is 0 Å². The van der Waals surface area contributed by atoms with Crippen molar-refractivity contribution in [3.05, 3.63) is 35.6 Å². The normalized spacial score (nSPS) is 21.3. The van der Waals surface area contributed by atoms with E-state index < -0.39 is 5.41 Å². The minimum absolute atomic E-state index is 0.0499. The van der Waals surface area contributed by atoms with Gasteiger partial charge in [-0.2, -0.15) is 0 Å². The number of morpholine rings is 1. The van der Waals surface area contributed by atoms with Crippen LogP contribution in [0.3, 0.4) is 0 Å². The van der Waals surface area contributed by atoms with E-state index in [4.69, 9.17) is 4.74 Å². The largest absolute Gasteiger partial charge is 0.379 e. The van der Waals surface area contributed by atoms with Crippen LogP contribution in [0, 0.1) is 5.82 Å². The van der Waals surface area contributed by atoms with E-state index in [1.165, 1.54) is 12.1 Å². The number of rotatable bonds is 5. The lowest BCUT2D eigenvalue weighted by Crippen LogP contribution is -2.46. The van der Waals surface area contributed by atoms with Gasteiger partial charge in [0.05, 0.1) is 18.6 Å². The van der Waals surface area contributed by atoms with Crippen molar-refractivity contribution in [1.82, 2.24) is 10.2 Å². The molecule has 0 radical (unpaired) electrons. The first-order valence-electron chi connectivity index (χ1n) is 8.55. The van der Waals surface area contributed by atoms with Crippen LogP contribution in [0.5, 0.6) is 0 Å². The molecule has 1 amide bonds. The fraction of sp³-hybridized carbons (Fsp3) is 0.611. The highest BCUT2D eigenvalue weighted by atomic mass is 19.1. The van der Waals surface area contributed by atoms with Crippen molar-refractivity contribution in [3.8, 4) is 0 Å². The maximum absolute atomic E-state index is 13.6. The Hall–Kier alpha value is -1.46. The molecule has 1 aliphatic heterocycles. The molecule has 1 aromatic carbocycles. The molecule has 1 aromatic rings. The third kappa shape index (κ3) is 3.72. The molecule has 1 saturated carbocycles. The van der Waals surface area contributed by atoms with E-state index in [-0.39, 0.29) is 11.7 Å². The Balaban J connectivity index is 1.62. The predicted molar refractivity (Wildman–Crippen MR) is 86.8 cm³/mol. The Morgan fingerprint density at radius 3 is 2.70 bits per heavy atom. The van der Waals surface area contributed by atoms with E-state index >= 15 is 0 Å². The summed E-state index contributed by atoms with van der Waals surface area (Å²) in [7, 11) is 0. The minimum atomic E-state index is -0.549. The smallest absolute Gasteiger partial charge is 0.230 e. The van der Waals surface area contributed by atoms with Gasteiger partial charge in [-0.3, -0.25) is 9.69 Å². The number of nitrogens with one attached hydrogen (secondary N) is 1. The van der Waals surface area contributed by atoms with Gasteiger partial charge in [-0.1, -0.05) is 25.0 Å². The molecule has 0 atom stereocenters. The highest BCUT2D eigenvalue weighted by Gasteiger charge is 2.42. The van der Waals surface area contributed by atoms with E-state index in [1.54, 1.807) is 6.07 Å². The van der Waals surface area contributed by atoms with Crippen LogP contribution in [-0.4, -0.2) is 50.2 Å². The summed E-state index contributed by atoms with van der Waals surface area (Å²) < 4.78 is 18.9. The van der Waals surface area contributed by atoms with E-state index in [0.717, 1.165) is 64.1 Å². The second kappa shape index (κ2) is 7.41. The Kier molecular flexibility index (Phi) is 5.28. The average molecular weight is 320 g/mol. The number of carbonyl (C=O) groups excluding carboxylic acids is 1. The van der Waals surface area contributed by atoms with Crippen LogP contribution in [0.2, 0.25) is 0 Å². The van der Waals surface area contributed by atoms with Crippen molar-refractivity contribution < 1.29 is 13.9 Å². The van der Waals surface area contributed by atoms with Gasteiger partial charge in [0.15, 0.2) is 0 Å². The van der Waals surface area contributed by atoms with Crippen LogP contribution in [-0.2, 0) is 14.9 Å². The highest BCUT2D eigenvalue weighted by Crippen LogP contribution is 2.41. The lowest BCUT2D eigenvalue weighted by atomic mass is 9.78. The molecule has 1 saturated heterocycles. The fourth-order valence-electron chi connectivity index (χ4n) is 3.73. The van der Waals surface area contributed by atoms with Gasteiger partial charge in [0.1, 0.15) is 5.82 Å². The average Bonchev–Trinajstić information content (AvgIpc) is 3.07. The number of carbonyl (C=O) groups is 1. The van der Waals surface area contributed by atoms with E-state index in [2.05, 4.69) is 10.2 Å². The second-order valence-corrected chi connectivity index (χ2v) is 6.51. The molecule has 2 aliphatic rings. The Labute approximate surface area is 137 Å². The predicted octanol–water partition coefficient (Wildman–Crippen LogP) is 2.09. The summed E-state index contributed by atoms with van der Waals surface area (Å²) in [5.41, 5.74) is 0.270. The number of nitrogens with zero attached hydrogens (tertiary/aromatic N) is 1. The molecule has 4 nitrogen and oxygen atoms in total. The van der Waals surface area contributed by atoms with Crippen LogP contribution >= 0.6 is 0 Å². The lowest BCUT2D eigenvalue weighted by molar-refractivity contribution is -0.126. The zero-order chi connectivity index (χ0) is 16.1. The summed E-state index contributed by atoms with van der Waals surface area (Å²) in [4.78, 5) is 15.1. The maximum Gasteiger partial charge on any atom is 0.230 e. The van der Waals surface area contributed by atoms with Gasteiger partial charge in [-0.05, 0) is 30.5 Å². The third-order valence-corrected chi connectivity index (χ3v) is 5.09. The summed E-state index contributed by atoms with van der Waals surface area (Å²) in [5.74, 6) is -0.219. The molecule has 1 heterocycles. The fourth-order valence-corrected chi connectivity index (χ4v) is 3.73. The molecule has 23 heavy (non-hydrogen) atoms. The maximum atomic E-state index is 13.6. The number of hydrogen-bond donors (Lipinski definition) is 1. The summed E-state index contributed by atoms with van der Waals surface area (Å²) in [6.45, 7) is 4.85. The molecule has 0 spiro atoms. The third-order valence-electron chi connectivity index (χ3n) is 5.09. The summed E-state index contributed by atoms with van der Waals surface area (Å²) in [6.07, 6.45) is 3.65. The number of hydrogen-bond acceptors (Lipinski definition) is 3. The quantitative estimate of drug-likeness (QED) is 0.903. The van der Waals surface area contributed by atoms with Gasteiger partial charge < -0.3 is 10.1 Å². The molecule has 0 bridgehead atoms. The molecule has 126 valence electrons. The van der Waals surface area contributed by atoms with E-state index in [1.807, 2.05) is 6.07 Å². The van der Waals surface area contributed by atoms with Crippen molar-refractivity contribution in [3.63, 3.8) is 0 Å².